The number of hydrogen-bond acceptors (Lipinski definition) is 5. The van der Waals surface area contributed by atoms with Crippen LogP contribution in [0.4, 0.5) is 4.39 Å². The van der Waals surface area contributed by atoms with E-state index < -0.39 is 5.54 Å². The molecule has 4 nitrogen and oxygen atoms in total. The van der Waals surface area contributed by atoms with Gasteiger partial charge in [-0.25, -0.2) is 4.39 Å². The molecule has 8 heteroatoms. The van der Waals surface area contributed by atoms with E-state index in [1.165, 1.54) is 6.07 Å². The van der Waals surface area contributed by atoms with Crippen molar-refractivity contribution in [3.8, 4) is 0 Å². The molecule has 1 saturated carbocycles. The van der Waals surface area contributed by atoms with E-state index in [2.05, 4.69) is 26.1 Å². The van der Waals surface area contributed by atoms with Crippen molar-refractivity contribution in [1.29, 1.82) is 0 Å². The standard InChI is InChI=1S/C15H17BrFN3OS.ClH/c16-11-4-3-10(12(17)7-11)8-22-9-13-19-14(20-21-13)15(18)5-1-2-6-15;/h3-4,7H,1-2,5-6,8-9,18H2;1H. The molecule has 0 saturated heterocycles. The highest BCUT2D eigenvalue weighted by atomic mass is 79.9. The van der Waals surface area contributed by atoms with Crippen LogP contribution in [0.3, 0.4) is 0 Å². The molecule has 2 aromatic rings. The van der Waals surface area contributed by atoms with Crippen LogP contribution in [0, 0.1) is 5.82 Å². The van der Waals surface area contributed by atoms with Gasteiger partial charge in [-0.15, -0.1) is 24.2 Å². The Hall–Kier alpha value is -0.630. The van der Waals surface area contributed by atoms with Crippen molar-refractivity contribution in [3.05, 3.63) is 45.8 Å². The normalized spacial score (nSPS) is 16.3. The fourth-order valence-electron chi connectivity index (χ4n) is 2.63. The average molecular weight is 423 g/mol. The van der Waals surface area contributed by atoms with Crippen molar-refractivity contribution in [2.75, 3.05) is 0 Å². The number of rotatable bonds is 5. The molecule has 126 valence electrons. The molecule has 1 aromatic carbocycles. The summed E-state index contributed by atoms with van der Waals surface area (Å²) in [5.41, 5.74) is 6.54. The van der Waals surface area contributed by atoms with Crippen molar-refractivity contribution in [1.82, 2.24) is 10.1 Å². The molecule has 1 fully saturated rings. The lowest BCUT2D eigenvalue weighted by Gasteiger charge is -2.17. The Morgan fingerprint density at radius 1 is 1.30 bits per heavy atom. The zero-order valence-corrected chi connectivity index (χ0v) is 15.6. The second-order valence-corrected chi connectivity index (χ2v) is 7.50. The first-order valence-corrected chi connectivity index (χ1v) is 9.15. The Morgan fingerprint density at radius 3 is 2.74 bits per heavy atom. The molecule has 1 aliphatic rings. The van der Waals surface area contributed by atoms with Gasteiger partial charge in [-0.05, 0) is 30.5 Å². The monoisotopic (exact) mass is 421 g/mol. The lowest BCUT2D eigenvalue weighted by molar-refractivity contribution is 0.355. The number of thioether (sulfide) groups is 1. The summed E-state index contributed by atoms with van der Waals surface area (Å²) >= 11 is 4.79. The van der Waals surface area contributed by atoms with E-state index in [9.17, 15) is 4.39 Å². The van der Waals surface area contributed by atoms with Gasteiger partial charge in [-0.3, -0.25) is 0 Å². The average Bonchev–Trinajstić information content (AvgIpc) is 3.11. The van der Waals surface area contributed by atoms with Gasteiger partial charge in [0.2, 0.25) is 5.89 Å². The van der Waals surface area contributed by atoms with Gasteiger partial charge in [0.05, 0.1) is 11.3 Å². The number of benzene rings is 1. The number of hydrogen-bond donors (Lipinski definition) is 1. The van der Waals surface area contributed by atoms with Crippen LogP contribution in [-0.4, -0.2) is 10.1 Å². The number of nitrogens with zero attached hydrogens (tertiary/aromatic N) is 2. The summed E-state index contributed by atoms with van der Waals surface area (Å²) in [5.74, 6) is 2.06. The van der Waals surface area contributed by atoms with Crippen molar-refractivity contribution >= 4 is 40.1 Å². The van der Waals surface area contributed by atoms with E-state index in [1.807, 2.05) is 6.07 Å². The summed E-state index contributed by atoms with van der Waals surface area (Å²) in [5, 5.41) is 4.02. The molecule has 0 spiro atoms. The second kappa shape index (κ2) is 7.96. The third kappa shape index (κ3) is 4.47. The Morgan fingerprint density at radius 2 is 2.04 bits per heavy atom. The van der Waals surface area contributed by atoms with Crippen LogP contribution in [-0.2, 0) is 17.0 Å². The fraction of sp³-hybridized carbons (Fsp3) is 0.467. The van der Waals surface area contributed by atoms with Crippen molar-refractivity contribution in [2.45, 2.75) is 42.7 Å². The smallest absolute Gasteiger partial charge is 0.236 e. The van der Waals surface area contributed by atoms with Crippen LogP contribution >= 0.6 is 40.1 Å². The van der Waals surface area contributed by atoms with Gasteiger partial charge in [0.1, 0.15) is 5.82 Å². The number of aromatic nitrogens is 2. The van der Waals surface area contributed by atoms with Gasteiger partial charge in [0.25, 0.3) is 0 Å². The lowest BCUT2D eigenvalue weighted by atomic mass is 9.99. The Labute approximate surface area is 153 Å². The molecule has 1 aliphatic carbocycles. The van der Waals surface area contributed by atoms with Gasteiger partial charge in [-0.1, -0.05) is 40.0 Å². The van der Waals surface area contributed by atoms with Crippen molar-refractivity contribution in [2.24, 2.45) is 5.73 Å². The van der Waals surface area contributed by atoms with Crippen molar-refractivity contribution < 1.29 is 8.91 Å². The molecule has 0 amide bonds. The summed E-state index contributed by atoms with van der Waals surface area (Å²) in [7, 11) is 0. The number of halogens is 3. The molecule has 1 heterocycles. The fourth-order valence-corrected chi connectivity index (χ4v) is 3.81. The Kier molecular flexibility index (Phi) is 6.48. The minimum absolute atomic E-state index is 0. The van der Waals surface area contributed by atoms with Crippen LogP contribution in [0.1, 0.15) is 43.0 Å². The zero-order chi connectivity index (χ0) is 15.6. The predicted octanol–water partition coefficient (Wildman–Crippen LogP) is 4.55. The quantitative estimate of drug-likeness (QED) is 0.765. The van der Waals surface area contributed by atoms with Crippen molar-refractivity contribution in [3.63, 3.8) is 0 Å². The summed E-state index contributed by atoms with van der Waals surface area (Å²) in [4.78, 5) is 4.41. The maximum atomic E-state index is 13.7. The van der Waals surface area contributed by atoms with Crippen LogP contribution in [0.25, 0.3) is 0 Å². The molecule has 0 aliphatic heterocycles. The molecule has 2 N–H and O–H groups in total. The van der Waals surface area contributed by atoms with E-state index >= 15 is 0 Å². The molecule has 0 unspecified atom stereocenters. The summed E-state index contributed by atoms with van der Waals surface area (Å²) in [6, 6.07) is 5.08. The highest BCUT2D eigenvalue weighted by Crippen LogP contribution is 2.34. The molecular formula is C15H18BrClFN3OS. The van der Waals surface area contributed by atoms with E-state index in [4.69, 9.17) is 10.3 Å². The number of nitrogens with two attached hydrogens (primary N) is 1. The molecule has 0 atom stereocenters. The third-order valence-corrected chi connectivity index (χ3v) is 5.37. The van der Waals surface area contributed by atoms with Gasteiger partial charge in [-0.2, -0.15) is 4.98 Å². The first-order chi connectivity index (χ1) is 10.6. The van der Waals surface area contributed by atoms with Gasteiger partial charge in [0, 0.05) is 10.2 Å². The molecular weight excluding hydrogens is 405 g/mol. The van der Waals surface area contributed by atoms with Crippen LogP contribution in [0.5, 0.6) is 0 Å². The van der Waals surface area contributed by atoms with Gasteiger partial charge in [0.15, 0.2) is 5.82 Å². The van der Waals surface area contributed by atoms with E-state index in [0.29, 0.717) is 28.8 Å². The summed E-state index contributed by atoms with van der Waals surface area (Å²) < 4.78 is 19.7. The maximum absolute atomic E-state index is 13.7. The summed E-state index contributed by atoms with van der Waals surface area (Å²) in [6.45, 7) is 0. The lowest BCUT2D eigenvalue weighted by Crippen LogP contribution is -2.34. The van der Waals surface area contributed by atoms with E-state index in [1.54, 1.807) is 17.8 Å². The van der Waals surface area contributed by atoms with Gasteiger partial charge < -0.3 is 10.3 Å². The topological polar surface area (TPSA) is 64.9 Å². The minimum atomic E-state index is -0.426. The molecule has 0 bridgehead atoms. The van der Waals surface area contributed by atoms with E-state index in [-0.39, 0.29) is 18.2 Å². The SMILES string of the molecule is Cl.NC1(c2noc(CSCc3ccc(Br)cc3F)n2)CCCC1. The molecule has 23 heavy (non-hydrogen) atoms. The Balaban J connectivity index is 0.00000192. The highest BCUT2D eigenvalue weighted by Gasteiger charge is 2.35. The predicted molar refractivity (Wildman–Crippen MR) is 95.0 cm³/mol. The third-order valence-electron chi connectivity index (χ3n) is 3.91. The summed E-state index contributed by atoms with van der Waals surface area (Å²) in [6.07, 6.45) is 4.03. The first-order valence-electron chi connectivity index (χ1n) is 7.20. The molecule has 3 rings (SSSR count). The van der Waals surface area contributed by atoms with Gasteiger partial charge >= 0.3 is 0 Å². The maximum Gasteiger partial charge on any atom is 0.236 e. The molecule has 1 aromatic heterocycles. The molecule has 0 radical (unpaired) electrons. The zero-order valence-electron chi connectivity index (χ0n) is 12.4. The first kappa shape index (κ1) is 18.7. The highest BCUT2D eigenvalue weighted by molar-refractivity contribution is 9.10. The largest absolute Gasteiger partial charge is 0.338 e. The second-order valence-electron chi connectivity index (χ2n) is 5.60. The Bertz CT molecular complexity index is 664. The van der Waals surface area contributed by atoms with Crippen LogP contribution < -0.4 is 5.73 Å². The van der Waals surface area contributed by atoms with Crippen LogP contribution in [0.15, 0.2) is 27.2 Å². The van der Waals surface area contributed by atoms with Crippen LogP contribution in [0.2, 0.25) is 0 Å². The van der Waals surface area contributed by atoms with E-state index in [0.717, 1.165) is 30.2 Å². The minimum Gasteiger partial charge on any atom is -0.338 e.